The van der Waals surface area contributed by atoms with Gasteiger partial charge < -0.3 is 4.98 Å². The zero-order chi connectivity index (χ0) is 15.2. The van der Waals surface area contributed by atoms with Crippen LogP contribution in [0.4, 0.5) is 0 Å². The SMILES string of the molecule is CC1(C)CC=C(c2cnc3[nH]cc(-c4cn[nH]c4)c3c2)CC1. The van der Waals surface area contributed by atoms with E-state index in [0.29, 0.717) is 5.41 Å². The molecule has 0 fully saturated rings. The minimum atomic E-state index is 0.428. The van der Waals surface area contributed by atoms with E-state index < -0.39 is 0 Å². The molecule has 3 heterocycles. The third-order valence-electron chi connectivity index (χ3n) is 4.68. The molecule has 112 valence electrons. The van der Waals surface area contributed by atoms with Crippen LogP contribution in [0.5, 0.6) is 0 Å². The Morgan fingerprint density at radius 3 is 2.77 bits per heavy atom. The van der Waals surface area contributed by atoms with Gasteiger partial charge in [0.2, 0.25) is 0 Å². The summed E-state index contributed by atoms with van der Waals surface area (Å²) in [6.45, 7) is 4.68. The van der Waals surface area contributed by atoms with Gasteiger partial charge in [-0.3, -0.25) is 5.10 Å². The summed E-state index contributed by atoms with van der Waals surface area (Å²) < 4.78 is 0. The van der Waals surface area contributed by atoms with Gasteiger partial charge in [-0.2, -0.15) is 5.10 Å². The average molecular weight is 292 g/mol. The maximum Gasteiger partial charge on any atom is 0.137 e. The van der Waals surface area contributed by atoms with Crippen molar-refractivity contribution in [2.24, 2.45) is 5.41 Å². The molecule has 0 amide bonds. The molecule has 0 saturated heterocycles. The number of aromatic amines is 2. The second-order valence-electron chi connectivity index (χ2n) is 6.91. The van der Waals surface area contributed by atoms with E-state index in [2.05, 4.69) is 46.2 Å². The third kappa shape index (κ3) is 2.25. The predicted octanol–water partition coefficient (Wildman–Crippen LogP) is 4.55. The number of pyridine rings is 1. The average Bonchev–Trinajstić information content (AvgIpc) is 3.15. The van der Waals surface area contributed by atoms with Crippen LogP contribution in [0, 0.1) is 5.41 Å². The maximum absolute atomic E-state index is 4.60. The summed E-state index contributed by atoms with van der Waals surface area (Å²) in [4.78, 5) is 7.84. The zero-order valence-corrected chi connectivity index (χ0v) is 13.0. The lowest BCUT2D eigenvalue weighted by atomic mass is 9.77. The van der Waals surface area contributed by atoms with Crippen molar-refractivity contribution < 1.29 is 0 Å². The van der Waals surface area contributed by atoms with E-state index in [4.69, 9.17) is 0 Å². The topological polar surface area (TPSA) is 57.4 Å². The zero-order valence-electron chi connectivity index (χ0n) is 13.0. The summed E-state index contributed by atoms with van der Waals surface area (Å²) in [6.07, 6.45) is 13.6. The van der Waals surface area contributed by atoms with Crippen LogP contribution in [0.15, 0.2) is 36.9 Å². The minimum Gasteiger partial charge on any atom is -0.346 e. The van der Waals surface area contributed by atoms with E-state index in [0.717, 1.165) is 35.0 Å². The molecule has 1 aliphatic rings. The van der Waals surface area contributed by atoms with Gasteiger partial charge >= 0.3 is 0 Å². The molecule has 1 aliphatic carbocycles. The Labute approximate surface area is 129 Å². The first-order valence-corrected chi connectivity index (χ1v) is 7.78. The van der Waals surface area contributed by atoms with Crippen LogP contribution in [-0.4, -0.2) is 20.2 Å². The smallest absolute Gasteiger partial charge is 0.137 e. The van der Waals surface area contributed by atoms with Gasteiger partial charge in [0.05, 0.1) is 6.20 Å². The Hall–Kier alpha value is -2.36. The van der Waals surface area contributed by atoms with Crippen molar-refractivity contribution in [3.05, 3.63) is 42.5 Å². The van der Waals surface area contributed by atoms with Gasteiger partial charge in [-0.25, -0.2) is 4.98 Å². The quantitative estimate of drug-likeness (QED) is 0.728. The molecule has 0 radical (unpaired) electrons. The molecule has 3 aromatic heterocycles. The molecule has 0 atom stereocenters. The maximum atomic E-state index is 4.60. The molecule has 4 nitrogen and oxygen atoms in total. The number of hydrogen-bond acceptors (Lipinski definition) is 2. The Morgan fingerprint density at radius 2 is 2.05 bits per heavy atom. The van der Waals surface area contributed by atoms with E-state index >= 15 is 0 Å². The number of fused-ring (bicyclic) bond motifs is 1. The Bertz CT molecular complexity index is 837. The summed E-state index contributed by atoms with van der Waals surface area (Å²) in [5.74, 6) is 0. The molecule has 0 bridgehead atoms. The first-order chi connectivity index (χ1) is 10.6. The molecular formula is C18H20N4. The van der Waals surface area contributed by atoms with E-state index in [1.807, 2.05) is 24.8 Å². The number of hydrogen-bond donors (Lipinski definition) is 2. The highest BCUT2D eigenvalue weighted by atomic mass is 15.1. The van der Waals surface area contributed by atoms with Crippen molar-refractivity contribution in [3.8, 4) is 11.1 Å². The van der Waals surface area contributed by atoms with Gasteiger partial charge in [0.15, 0.2) is 0 Å². The summed E-state index contributed by atoms with van der Waals surface area (Å²) in [7, 11) is 0. The Kier molecular flexibility index (Phi) is 2.93. The summed E-state index contributed by atoms with van der Waals surface area (Å²) in [5.41, 5.74) is 6.26. The number of nitrogens with zero attached hydrogens (tertiary/aromatic N) is 2. The highest BCUT2D eigenvalue weighted by Crippen LogP contribution is 2.38. The molecule has 4 heteroatoms. The molecular weight excluding hydrogens is 272 g/mol. The van der Waals surface area contributed by atoms with Crippen molar-refractivity contribution in [1.82, 2.24) is 20.2 Å². The summed E-state index contributed by atoms with van der Waals surface area (Å²) in [5, 5.41) is 8.07. The Morgan fingerprint density at radius 1 is 1.14 bits per heavy atom. The monoisotopic (exact) mass is 292 g/mol. The van der Waals surface area contributed by atoms with Gasteiger partial charge in [0, 0.05) is 35.1 Å². The van der Waals surface area contributed by atoms with Crippen molar-refractivity contribution in [1.29, 1.82) is 0 Å². The highest BCUT2D eigenvalue weighted by molar-refractivity contribution is 5.94. The van der Waals surface area contributed by atoms with Crippen molar-refractivity contribution in [2.45, 2.75) is 33.1 Å². The van der Waals surface area contributed by atoms with Crippen LogP contribution in [0.2, 0.25) is 0 Å². The normalized spacial score (nSPS) is 17.6. The molecule has 3 aromatic rings. The molecule has 0 aromatic carbocycles. The van der Waals surface area contributed by atoms with Crippen LogP contribution in [0.25, 0.3) is 27.7 Å². The molecule has 22 heavy (non-hydrogen) atoms. The molecule has 4 rings (SSSR count). The van der Waals surface area contributed by atoms with Crippen LogP contribution >= 0.6 is 0 Å². The fourth-order valence-electron chi connectivity index (χ4n) is 3.15. The number of nitrogens with one attached hydrogen (secondary N) is 2. The fourth-order valence-corrected chi connectivity index (χ4v) is 3.15. The van der Waals surface area contributed by atoms with E-state index in [1.54, 1.807) is 0 Å². The summed E-state index contributed by atoms with van der Waals surface area (Å²) >= 11 is 0. The lowest BCUT2D eigenvalue weighted by Crippen LogP contribution is -2.14. The summed E-state index contributed by atoms with van der Waals surface area (Å²) in [6, 6.07) is 2.26. The number of H-pyrrole nitrogens is 2. The van der Waals surface area contributed by atoms with Crippen LogP contribution in [0.1, 0.15) is 38.7 Å². The van der Waals surface area contributed by atoms with Crippen molar-refractivity contribution in [2.75, 3.05) is 0 Å². The van der Waals surface area contributed by atoms with Crippen molar-refractivity contribution >= 4 is 16.6 Å². The third-order valence-corrected chi connectivity index (χ3v) is 4.68. The molecule has 0 saturated carbocycles. The second kappa shape index (κ2) is 4.83. The first kappa shape index (κ1) is 13.3. The molecule has 0 spiro atoms. The highest BCUT2D eigenvalue weighted by Gasteiger charge is 2.22. The van der Waals surface area contributed by atoms with Gasteiger partial charge in [-0.15, -0.1) is 0 Å². The van der Waals surface area contributed by atoms with Crippen LogP contribution in [-0.2, 0) is 0 Å². The number of rotatable bonds is 2. The molecule has 0 unspecified atom stereocenters. The van der Waals surface area contributed by atoms with Gasteiger partial charge in [0.25, 0.3) is 0 Å². The molecule has 2 N–H and O–H groups in total. The van der Waals surface area contributed by atoms with Crippen molar-refractivity contribution in [3.63, 3.8) is 0 Å². The van der Waals surface area contributed by atoms with E-state index in [1.165, 1.54) is 17.6 Å². The Balaban J connectivity index is 1.78. The van der Waals surface area contributed by atoms with E-state index in [-0.39, 0.29) is 0 Å². The lowest BCUT2D eigenvalue weighted by Gasteiger charge is -2.28. The first-order valence-electron chi connectivity index (χ1n) is 7.78. The van der Waals surface area contributed by atoms with E-state index in [9.17, 15) is 0 Å². The number of allylic oxidation sites excluding steroid dienone is 2. The largest absolute Gasteiger partial charge is 0.346 e. The second-order valence-corrected chi connectivity index (χ2v) is 6.91. The van der Waals surface area contributed by atoms with Crippen LogP contribution < -0.4 is 0 Å². The van der Waals surface area contributed by atoms with Gasteiger partial charge in [-0.1, -0.05) is 19.9 Å². The van der Waals surface area contributed by atoms with Crippen LogP contribution in [0.3, 0.4) is 0 Å². The van der Waals surface area contributed by atoms with Gasteiger partial charge in [0.1, 0.15) is 5.65 Å². The fraction of sp³-hybridized carbons (Fsp3) is 0.333. The number of aromatic nitrogens is 4. The van der Waals surface area contributed by atoms with Gasteiger partial charge in [-0.05, 0) is 41.9 Å². The lowest BCUT2D eigenvalue weighted by molar-refractivity contribution is 0.335. The predicted molar refractivity (Wildman–Crippen MR) is 89.3 cm³/mol. The molecule has 0 aliphatic heterocycles. The standard InChI is InChI=1S/C18H20N4/c1-18(2)5-3-12(4-6-18)13-7-15-16(14-9-21-22-10-14)11-20-17(15)19-8-13/h3,7-11H,4-6H2,1-2H3,(H,19,20)(H,21,22). The minimum absolute atomic E-state index is 0.428.